The zero-order valence-electron chi connectivity index (χ0n) is 13.3. The molecule has 0 aliphatic carbocycles. The first kappa shape index (κ1) is 15.7. The Morgan fingerprint density at radius 1 is 1.38 bits per heavy atom. The van der Waals surface area contributed by atoms with Crippen LogP contribution in [0.5, 0.6) is 0 Å². The van der Waals surface area contributed by atoms with Gasteiger partial charge in [-0.05, 0) is 45.2 Å². The Balaban J connectivity index is 1.97. The molecule has 114 valence electrons. The molecule has 0 spiro atoms. The van der Waals surface area contributed by atoms with Crippen LogP contribution in [0, 0.1) is 6.92 Å². The van der Waals surface area contributed by atoms with Crippen molar-refractivity contribution in [3.63, 3.8) is 0 Å². The van der Waals surface area contributed by atoms with Gasteiger partial charge in [-0.25, -0.2) is 0 Å². The first-order chi connectivity index (χ1) is 10.1. The van der Waals surface area contributed by atoms with Crippen molar-refractivity contribution in [3.8, 4) is 0 Å². The minimum atomic E-state index is 0.410. The minimum Gasteiger partial charge on any atom is -0.404 e. The number of hydrogen-bond acceptors (Lipinski definition) is 4. The van der Waals surface area contributed by atoms with E-state index in [-0.39, 0.29) is 0 Å². The van der Waals surface area contributed by atoms with Crippen LogP contribution in [0.15, 0.2) is 29.7 Å². The quantitative estimate of drug-likeness (QED) is 0.866. The van der Waals surface area contributed by atoms with Gasteiger partial charge in [0, 0.05) is 55.1 Å². The number of aryl methyl sites for hydroxylation is 1. The van der Waals surface area contributed by atoms with Crippen LogP contribution in [0.4, 0.5) is 0 Å². The molecule has 0 aromatic carbocycles. The summed E-state index contributed by atoms with van der Waals surface area (Å²) < 4.78 is 0. The van der Waals surface area contributed by atoms with E-state index < -0.39 is 0 Å². The lowest BCUT2D eigenvalue weighted by Crippen LogP contribution is -2.39. The van der Waals surface area contributed by atoms with E-state index >= 15 is 0 Å². The Hall–Kier alpha value is -1.68. The molecule has 2 heterocycles. The van der Waals surface area contributed by atoms with Crippen LogP contribution >= 0.6 is 0 Å². The van der Waals surface area contributed by atoms with Crippen molar-refractivity contribution >= 4 is 11.8 Å². The molecule has 0 atom stereocenters. The molecular formula is C17H26N4. The number of aliphatic imine (C=N–C) groups is 1. The molecule has 2 N–H and O–H groups in total. The van der Waals surface area contributed by atoms with Crippen molar-refractivity contribution in [2.75, 3.05) is 13.1 Å². The third-order valence-electron chi connectivity index (χ3n) is 4.04. The first-order valence-corrected chi connectivity index (χ1v) is 7.71. The van der Waals surface area contributed by atoms with Gasteiger partial charge >= 0.3 is 0 Å². The van der Waals surface area contributed by atoms with Gasteiger partial charge in [0.15, 0.2) is 0 Å². The number of piperidine rings is 1. The topological polar surface area (TPSA) is 54.5 Å². The monoisotopic (exact) mass is 286 g/mol. The molecule has 1 aromatic heterocycles. The third-order valence-corrected chi connectivity index (χ3v) is 4.04. The molecule has 0 unspecified atom stereocenters. The van der Waals surface area contributed by atoms with Gasteiger partial charge in [0.25, 0.3) is 0 Å². The fraction of sp³-hybridized carbons (Fsp3) is 0.529. The second-order valence-corrected chi connectivity index (χ2v) is 6.01. The summed E-state index contributed by atoms with van der Waals surface area (Å²) in [6, 6.07) is 3.12. The number of pyridine rings is 1. The van der Waals surface area contributed by atoms with Crippen molar-refractivity contribution in [3.05, 3.63) is 35.8 Å². The molecular weight excluding hydrogens is 260 g/mol. The number of allylic oxidation sites excluding steroid dienone is 1. The average Bonchev–Trinajstić information content (AvgIpc) is 2.48. The normalized spacial score (nSPS) is 18.8. The summed E-state index contributed by atoms with van der Waals surface area (Å²) in [5.74, 6) is 0. The Labute approximate surface area is 127 Å². The van der Waals surface area contributed by atoms with E-state index in [1.54, 1.807) is 6.20 Å². The number of nitrogens with two attached hydrogens (primary N) is 1. The molecule has 2 rings (SSSR count). The minimum absolute atomic E-state index is 0.410. The van der Waals surface area contributed by atoms with Gasteiger partial charge in [-0.2, -0.15) is 0 Å². The fourth-order valence-corrected chi connectivity index (χ4v) is 2.66. The summed E-state index contributed by atoms with van der Waals surface area (Å²) >= 11 is 0. The van der Waals surface area contributed by atoms with Crippen LogP contribution < -0.4 is 5.73 Å². The Bertz CT molecular complexity index is 511. The molecule has 0 bridgehead atoms. The Kier molecular flexibility index (Phi) is 5.51. The van der Waals surface area contributed by atoms with Gasteiger partial charge < -0.3 is 10.6 Å². The highest BCUT2D eigenvalue weighted by atomic mass is 15.2. The van der Waals surface area contributed by atoms with E-state index in [0.29, 0.717) is 12.1 Å². The zero-order valence-corrected chi connectivity index (χ0v) is 13.3. The maximum absolute atomic E-state index is 5.74. The summed E-state index contributed by atoms with van der Waals surface area (Å²) in [7, 11) is 0. The number of aromatic nitrogens is 1. The molecule has 1 saturated heterocycles. The lowest BCUT2D eigenvalue weighted by molar-refractivity contribution is 0.173. The predicted molar refractivity (Wildman–Crippen MR) is 89.4 cm³/mol. The summed E-state index contributed by atoms with van der Waals surface area (Å²) in [5.41, 5.74) is 8.84. The molecule has 0 radical (unpaired) electrons. The number of nitrogens with zero attached hydrogens (tertiary/aromatic N) is 3. The van der Waals surface area contributed by atoms with Crippen molar-refractivity contribution in [1.29, 1.82) is 0 Å². The second-order valence-electron chi connectivity index (χ2n) is 6.01. The van der Waals surface area contributed by atoms with Gasteiger partial charge in [-0.1, -0.05) is 0 Å². The highest BCUT2D eigenvalue weighted by molar-refractivity contribution is 6.09. The average molecular weight is 286 g/mol. The summed E-state index contributed by atoms with van der Waals surface area (Å²) in [6.07, 6.45) is 9.45. The molecule has 1 aliphatic rings. The van der Waals surface area contributed by atoms with Crippen LogP contribution in [0.1, 0.15) is 37.8 Å². The summed E-state index contributed by atoms with van der Waals surface area (Å²) in [4.78, 5) is 11.4. The zero-order chi connectivity index (χ0) is 15.2. The summed E-state index contributed by atoms with van der Waals surface area (Å²) in [6.45, 7) is 8.80. The van der Waals surface area contributed by atoms with Gasteiger partial charge in [0.05, 0.1) is 6.04 Å². The number of hydrogen-bond donors (Lipinski definition) is 1. The molecule has 21 heavy (non-hydrogen) atoms. The van der Waals surface area contributed by atoms with E-state index in [4.69, 9.17) is 10.7 Å². The van der Waals surface area contributed by atoms with Crippen LogP contribution in [-0.4, -0.2) is 41.3 Å². The number of likely N-dealkylation sites (tertiary alicyclic amines) is 1. The highest BCUT2D eigenvalue weighted by Crippen LogP contribution is 2.17. The summed E-state index contributed by atoms with van der Waals surface area (Å²) in [5, 5.41) is 0. The standard InChI is InChI=1S/C17H26N4/c1-13(2)21-6-4-17(5-7-21)20-12-16(9-18)15-8-14(3)10-19-11-15/h8-13,17H,4-7,18H2,1-3H3. The molecule has 0 saturated carbocycles. The molecule has 4 nitrogen and oxygen atoms in total. The molecule has 1 aliphatic heterocycles. The molecule has 1 aromatic rings. The van der Waals surface area contributed by atoms with E-state index in [1.807, 2.05) is 25.5 Å². The van der Waals surface area contributed by atoms with Crippen molar-refractivity contribution < 1.29 is 0 Å². The van der Waals surface area contributed by atoms with Gasteiger partial charge in [0.2, 0.25) is 0 Å². The van der Waals surface area contributed by atoms with Gasteiger partial charge in [-0.3, -0.25) is 9.98 Å². The Morgan fingerprint density at radius 3 is 2.67 bits per heavy atom. The lowest BCUT2D eigenvalue weighted by Gasteiger charge is -2.33. The highest BCUT2D eigenvalue weighted by Gasteiger charge is 2.19. The van der Waals surface area contributed by atoms with E-state index in [1.165, 1.54) is 0 Å². The Morgan fingerprint density at radius 2 is 2.10 bits per heavy atom. The van der Waals surface area contributed by atoms with E-state index in [0.717, 1.165) is 42.6 Å². The van der Waals surface area contributed by atoms with Crippen molar-refractivity contribution in [1.82, 2.24) is 9.88 Å². The largest absolute Gasteiger partial charge is 0.404 e. The smallest absolute Gasteiger partial charge is 0.0524 e. The maximum Gasteiger partial charge on any atom is 0.0524 e. The lowest BCUT2D eigenvalue weighted by atomic mass is 10.0. The van der Waals surface area contributed by atoms with E-state index in [2.05, 4.69) is 29.8 Å². The second kappa shape index (κ2) is 7.36. The van der Waals surface area contributed by atoms with Crippen LogP contribution in [0.3, 0.4) is 0 Å². The van der Waals surface area contributed by atoms with Gasteiger partial charge in [0.1, 0.15) is 0 Å². The van der Waals surface area contributed by atoms with Crippen LogP contribution in [-0.2, 0) is 0 Å². The first-order valence-electron chi connectivity index (χ1n) is 7.71. The SMILES string of the molecule is Cc1cncc(C(C=NC2CCN(C(C)C)CC2)=CN)c1. The van der Waals surface area contributed by atoms with Crippen LogP contribution in [0.2, 0.25) is 0 Å². The maximum atomic E-state index is 5.74. The van der Waals surface area contributed by atoms with Crippen molar-refractivity contribution in [2.24, 2.45) is 10.7 Å². The molecule has 0 amide bonds. The predicted octanol–water partition coefficient (Wildman–Crippen LogP) is 2.63. The molecule has 1 fully saturated rings. The molecule has 4 heteroatoms. The van der Waals surface area contributed by atoms with Gasteiger partial charge in [-0.15, -0.1) is 0 Å². The third kappa shape index (κ3) is 4.39. The van der Waals surface area contributed by atoms with E-state index in [9.17, 15) is 0 Å². The fourth-order valence-electron chi connectivity index (χ4n) is 2.66. The number of rotatable bonds is 4. The van der Waals surface area contributed by atoms with Crippen molar-refractivity contribution in [2.45, 2.75) is 45.7 Å². The van der Waals surface area contributed by atoms with Crippen LogP contribution in [0.25, 0.3) is 5.57 Å².